The number of hydrogen-bond donors (Lipinski definition) is 3. The van der Waals surface area contributed by atoms with Crippen molar-refractivity contribution in [3.8, 4) is 0 Å². The van der Waals surface area contributed by atoms with Gasteiger partial charge in [0, 0.05) is 22.6 Å². The van der Waals surface area contributed by atoms with Gasteiger partial charge in [0.1, 0.15) is 11.5 Å². The standard InChI is InChI=1S/C10H10BrN5O2/c11-7-1-2-9(16(17)18)8(3-7)13-4-6-5-14-15-10(6)12/h1-3,5,13H,4H2,(H3,12,14,15). The normalized spacial score (nSPS) is 10.3. The average molecular weight is 312 g/mol. The Morgan fingerprint density at radius 3 is 2.94 bits per heavy atom. The van der Waals surface area contributed by atoms with Gasteiger partial charge in [-0.15, -0.1) is 0 Å². The first-order valence-corrected chi connectivity index (χ1v) is 5.83. The van der Waals surface area contributed by atoms with Crippen molar-refractivity contribution in [2.45, 2.75) is 6.54 Å². The number of nitrogens with zero attached hydrogens (tertiary/aromatic N) is 2. The number of nitrogens with one attached hydrogen (secondary N) is 2. The van der Waals surface area contributed by atoms with Crippen LogP contribution in [0.5, 0.6) is 0 Å². The van der Waals surface area contributed by atoms with Crippen LogP contribution in [0, 0.1) is 10.1 Å². The summed E-state index contributed by atoms with van der Waals surface area (Å²) in [5.74, 6) is 0.445. The van der Waals surface area contributed by atoms with Gasteiger partial charge >= 0.3 is 0 Å². The minimum absolute atomic E-state index is 0.0141. The number of aromatic amines is 1. The molecule has 1 heterocycles. The molecule has 0 fully saturated rings. The van der Waals surface area contributed by atoms with Crippen LogP contribution in [-0.4, -0.2) is 15.1 Å². The number of benzene rings is 1. The van der Waals surface area contributed by atoms with Crippen LogP contribution >= 0.6 is 15.9 Å². The van der Waals surface area contributed by atoms with Crippen LogP contribution in [0.15, 0.2) is 28.9 Å². The summed E-state index contributed by atoms with van der Waals surface area (Å²) in [5.41, 5.74) is 6.83. The molecule has 0 atom stereocenters. The molecule has 94 valence electrons. The molecule has 7 nitrogen and oxygen atoms in total. The third-order valence-electron chi connectivity index (χ3n) is 2.38. The minimum atomic E-state index is -0.437. The second kappa shape index (κ2) is 5.05. The van der Waals surface area contributed by atoms with Gasteiger partial charge in [-0.25, -0.2) is 0 Å². The fourth-order valence-corrected chi connectivity index (χ4v) is 1.82. The molecular weight excluding hydrogens is 302 g/mol. The summed E-state index contributed by atoms with van der Waals surface area (Å²) in [7, 11) is 0. The van der Waals surface area contributed by atoms with Crippen LogP contribution < -0.4 is 11.1 Å². The highest BCUT2D eigenvalue weighted by Gasteiger charge is 2.14. The number of anilines is 2. The summed E-state index contributed by atoms with van der Waals surface area (Å²) in [5, 5.41) is 20.2. The molecule has 4 N–H and O–H groups in total. The number of H-pyrrole nitrogens is 1. The molecule has 0 unspecified atom stereocenters. The Bertz CT molecular complexity index is 583. The number of hydrogen-bond acceptors (Lipinski definition) is 5. The molecule has 1 aromatic carbocycles. The van der Waals surface area contributed by atoms with Crippen LogP contribution in [0.25, 0.3) is 0 Å². The van der Waals surface area contributed by atoms with Crippen molar-refractivity contribution in [1.82, 2.24) is 10.2 Å². The van der Waals surface area contributed by atoms with Gasteiger partial charge in [-0.1, -0.05) is 15.9 Å². The van der Waals surface area contributed by atoms with Crippen molar-refractivity contribution in [3.05, 3.63) is 44.5 Å². The molecule has 0 aliphatic heterocycles. The molecular formula is C10H10BrN5O2. The molecule has 0 saturated carbocycles. The van der Waals surface area contributed by atoms with Gasteiger partial charge < -0.3 is 11.1 Å². The molecule has 0 saturated heterocycles. The molecule has 0 spiro atoms. The van der Waals surface area contributed by atoms with E-state index in [0.717, 1.165) is 10.0 Å². The second-order valence-electron chi connectivity index (χ2n) is 3.58. The van der Waals surface area contributed by atoms with Crippen LogP contribution in [0.2, 0.25) is 0 Å². The molecule has 1 aromatic heterocycles. The number of halogens is 1. The van der Waals surface area contributed by atoms with Gasteiger partial charge in [-0.3, -0.25) is 15.2 Å². The van der Waals surface area contributed by atoms with E-state index in [1.54, 1.807) is 18.3 Å². The lowest BCUT2D eigenvalue weighted by atomic mass is 10.2. The summed E-state index contributed by atoms with van der Waals surface area (Å²) in [4.78, 5) is 10.4. The lowest BCUT2D eigenvalue weighted by Gasteiger charge is -2.06. The second-order valence-corrected chi connectivity index (χ2v) is 4.50. The third-order valence-corrected chi connectivity index (χ3v) is 2.87. The van der Waals surface area contributed by atoms with Crippen LogP contribution in [0.4, 0.5) is 17.2 Å². The van der Waals surface area contributed by atoms with Crippen LogP contribution in [-0.2, 0) is 6.54 Å². The zero-order valence-electron chi connectivity index (χ0n) is 9.18. The Morgan fingerprint density at radius 1 is 1.56 bits per heavy atom. The van der Waals surface area contributed by atoms with E-state index in [4.69, 9.17) is 5.73 Å². The van der Waals surface area contributed by atoms with Gasteiger partial charge in [0.25, 0.3) is 5.69 Å². The predicted molar refractivity (Wildman–Crippen MR) is 71.1 cm³/mol. The maximum Gasteiger partial charge on any atom is 0.292 e. The summed E-state index contributed by atoms with van der Waals surface area (Å²) in [6.07, 6.45) is 1.58. The van der Waals surface area contributed by atoms with Crippen molar-refractivity contribution in [3.63, 3.8) is 0 Å². The summed E-state index contributed by atoms with van der Waals surface area (Å²) in [6, 6.07) is 4.70. The quantitative estimate of drug-likeness (QED) is 0.592. The maximum atomic E-state index is 10.9. The van der Waals surface area contributed by atoms with Crippen LogP contribution in [0.1, 0.15) is 5.56 Å². The maximum absolute atomic E-state index is 10.9. The first kappa shape index (κ1) is 12.4. The predicted octanol–water partition coefficient (Wildman–Crippen LogP) is 2.27. The Balaban J connectivity index is 2.20. The van der Waals surface area contributed by atoms with E-state index in [1.165, 1.54) is 6.07 Å². The zero-order chi connectivity index (χ0) is 13.1. The van der Waals surface area contributed by atoms with Crippen molar-refractivity contribution >= 4 is 33.1 Å². The van der Waals surface area contributed by atoms with E-state index in [2.05, 4.69) is 31.4 Å². The van der Waals surface area contributed by atoms with E-state index in [-0.39, 0.29) is 5.69 Å². The molecule has 2 aromatic rings. The van der Waals surface area contributed by atoms with Gasteiger partial charge in [-0.05, 0) is 12.1 Å². The lowest BCUT2D eigenvalue weighted by molar-refractivity contribution is -0.384. The Hall–Kier alpha value is -2.09. The number of nitro groups is 1. The fourth-order valence-electron chi connectivity index (χ4n) is 1.46. The largest absolute Gasteiger partial charge is 0.384 e. The molecule has 0 radical (unpaired) electrons. The van der Waals surface area contributed by atoms with Crippen molar-refractivity contribution in [2.24, 2.45) is 0 Å². The van der Waals surface area contributed by atoms with Crippen molar-refractivity contribution in [2.75, 3.05) is 11.1 Å². The van der Waals surface area contributed by atoms with E-state index >= 15 is 0 Å². The first-order chi connectivity index (χ1) is 8.58. The van der Waals surface area contributed by atoms with E-state index in [9.17, 15) is 10.1 Å². The molecule has 0 aliphatic carbocycles. The van der Waals surface area contributed by atoms with Gasteiger partial charge in [0.15, 0.2) is 0 Å². The van der Waals surface area contributed by atoms with Gasteiger partial charge in [0.2, 0.25) is 0 Å². The third kappa shape index (κ3) is 2.59. The van der Waals surface area contributed by atoms with Crippen molar-refractivity contribution < 1.29 is 4.92 Å². The fraction of sp³-hybridized carbons (Fsp3) is 0.100. The minimum Gasteiger partial charge on any atom is -0.384 e. The average Bonchev–Trinajstić information content (AvgIpc) is 2.72. The van der Waals surface area contributed by atoms with E-state index in [0.29, 0.717) is 18.1 Å². The summed E-state index contributed by atoms with van der Waals surface area (Å²) >= 11 is 3.27. The number of nitro benzene ring substituents is 1. The molecule has 18 heavy (non-hydrogen) atoms. The Kier molecular flexibility index (Phi) is 3.47. The molecule has 2 rings (SSSR count). The topological polar surface area (TPSA) is 110 Å². The van der Waals surface area contributed by atoms with E-state index < -0.39 is 4.92 Å². The number of nitrogen functional groups attached to an aromatic ring is 1. The first-order valence-electron chi connectivity index (χ1n) is 5.03. The van der Waals surface area contributed by atoms with Gasteiger partial charge in [0.05, 0.1) is 11.1 Å². The monoisotopic (exact) mass is 311 g/mol. The Labute approximate surface area is 111 Å². The highest BCUT2D eigenvalue weighted by Crippen LogP contribution is 2.28. The van der Waals surface area contributed by atoms with Crippen LogP contribution in [0.3, 0.4) is 0 Å². The summed E-state index contributed by atoms with van der Waals surface area (Å²) < 4.78 is 0.760. The molecule has 0 bridgehead atoms. The van der Waals surface area contributed by atoms with Gasteiger partial charge in [-0.2, -0.15) is 5.10 Å². The SMILES string of the molecule is Nc1[nH]ncc1CNc1cc(Br)ccc1[N+](=O)[O-]. The highest BCUT2D eigenvalue weighted by molar-refractivity contribution is 9.10. The molecule has 0 aliphatic rings. The molecule has 0 amide bonds. The highest BCUT2D eigenvalue weighted by atomic mass is 79.9. The Morgan fingerprint density at radius 2 is 2.33 bits per heavy atom. The smallest absolute Gasteiger partial charge is 0.292 e. The number of rotatable bonds is 4. The lowest BCUT2D eigenvalue weighted by Crippen LogP contribution is -2.03. The molecule has 8 heteroatoms. The van der Waals surface area contributed by atoms with Crippen molar-refractivity contribution in [1.29, 1.82) is 0 Å². The summed E-state index contributed by atoms with van der Waals surface area (Å²) in [6.45, 7) is 0.361. The zero-order valence-corrected chi connectivity index (χ0v) is 10.8. The number of nitrogens with two attached hydrogens (primary N) is 1. The van der Waals surface area contributed by atoms with E-state index in [1.807, 2.05) is 0 Å². The number of aromatic nitrogens is 2.